The molecule has 0 unspecified atom stereocenters. The molecule has 1 aliphatic rings. The van der Waals surface area contributed by atoms with Crippen molar-refractivity contribution < 1.29 is 14.3 Å². The van der Waals surface area contributed by atoms with E-state index in [9.17, 15) is 4.79 Å². The molecule has 0 aliphatic heterocycles. The van der Waals surface area contributed by atoms with E-state index in [1.807, 2.05) is 32.0 Å². The molecule has 1 aromatic carbocycles. The fourth-order valence-corrected chi connectivity index (χ4v) is 4.52. The van der Waals surface area contributed by atoms with Crippen LogP contribution in [-0.4, -0.2) is 32.0 Å². The molecule has 0 bridgehead atoms. The lowest BCUT2D eigenvalue weighted by Gasteiger charge is -2.26. The fourth-order valence-electron chi connectivity index (χ4n) is 4.37. The van der Waals surface area contributed by atoms with Crippen molar-refractivity contribution in [1.29, 1.82) is 0 Å². The Hall–Kier alpha value is -2.81. The average molecular weight is 430 g/mol. The number of nitrogens with zero attached hydrogens (tertiary/aromatic N) is 3. The number of nitrogens with two attached hydrogens (primary N) is 1. The van der Waals surface area contributed by atoms with Crippen LogP contribution in [0.1, 0.15) is 66.9 Å². The number of aromatic amines is 1. The second-order valence-electron chi connectivity index (χ2n) is 7.63. The second kappa shape index (κ2) is 8.51. The lowest BCUT2D eigenvalue weighted by molar-refractivity contribution is 0.0527. The summed E-state index contributed by atoms with van der Waals surface area (Å²) in [4.78, 5) is 12.8. The van der Waals surface area contributed by atoms with E-state index in [0.717, 1.165) is 29.4 Å². The molecule has 2 heterocycles. The summed E-state index contributed by atoms with van der Waals surface area (Å²) < 4.78 is 15.2. The Morgan fingerprint density at radius 2 is 2.10 bits per heavy atom. The number of aromatic nitrogens is 4. The van der Waals surface area contributed by atoms with Gasteiger partial charge in [0.05, 0.1) is 12.2 Å². The minimum Gasteiger partial charge on any atom is -0.486 e. The van der Waals surface area contributed by atoms with Crippen molar-refractivity contribution in [3.63, 3.8) is 0 Å². The van der Waals surface area contributed by atoms with E-state index in [2.05, 4.69) is 14.8 Å². The van der Waals surface area contributed by atoms with Gasteiger partial charge in [-0.1, -0.05) is 19.3 Å². The number of rotatable bonds is 6. The second-order valence-corrected chi connectivity index (χ2v) is 8.01. The molecule has 2 aromatic heterocycles. The Kier molecular flexibility index (Phi) is 5.80. The van der Waals surface area contributed by atoms with Gasteiger partial charge in [-0.05, 0) is 57.1 Å². The molecule has 8 nitrogen and oxygen atoms in total. The first-order valence-electron chi connectivity index (χ1n) is 10.4. The summed E-state index contributed by atoms with van der Waals surface area (Å²) in [6.45, 7) is 4.32. The quantitative estimate of drug-likeness (QED) is 0.346. The predicted octanol–water partition coefficient (Wildman–Crippen LogP) is 4.18. The van der Waals surface area contributed by atoms with Crippen molar-refractivity contribution in [2.45, 2.75) is 58.6 Å². The van der Waals surface area contributed by atoms with Crippen LogP contribution in [0.3, 0.4) is 0 Å². The molecule has 0 saturated heterocycles. The number of nitrogen functional groups attached to an aromatic ring is 1. The first-order chi connectivity index (χ1) is 14.5. The minimum absolute atomic E-state index is 0.159. The van der Waals surface area contributed by atoms with E-state index in [1.54, 1.807) is 0 Å². The standard InChI is InChI=1S/C21H27N5O3S/c1-3-28-20(27)19-13(2)25(14-7-5-4-6-8-14)17-10-9-15(11-16(17)19)29-12-18-23-24-21(30)26(18)22/h9-11,14H,3-8,12,22H2,1-2H3,(H,24,30). The highest BCUT2D eigenvalue weighted by molar-refractivity contribution is 7.71. The zero-order chi connectivity index (χ0) is 21.3. The summed E-state index contributed by atoms with van der Waals surface area (Å²) in [5, 5.41) is 7.54. The van der Waals surface area contributed by atoms with Crippen LogP contribution in [0.5, 0.6) is 5.75 Å². The van der Waals surface area contributed by atoms with Gasteiger partial charge < -0.3 is 19.9 Å². The minimum atomic E-state index is -0.297. The van der Waals surface area contributed by atoms with E-state index in [4.69, 9.17) is 27.5 Å². The first kappa shape index (κ1) is 20.5. The maximum Gasteiger partial charge on any atom is 0.340 e. The van der Waals surface area contributed by atoms with Crippen LogP contribution in [0.2, 0.25) is 0 Å². The number of esters is 1. The topological polar surface area (TPSA) is 100 Å². The Bertz CT molecular complexity index is 1120. The van der Waals surface area contributed by atoms with Crippen molar-refractivity contribution in [2.24, 2.45) is 0 Å². The van der Waals surface area contributed by atoms with Gasteiger partial charge in [0.2, 0.25) is 4.77 Å². The van der Waals surface area contributed by atoms with Gasteiger partial charge in [-0.25, -0.2) is 9.47 Å². The molecular weight excluding hydrogens is 402 g/mol. The largest absolute Gasteiger partial charge is 0.486 e. The summed E-state index contributed by atoms with van der Waals surface area (Å²) >= 11 is 5.03. The van der Waals surface area contributed by atoms with Crippen LogP contribution >= 0.6 is 12.2 Å². The molecule has 30 heavy (non-hydrogen) atoms. The molecule has 4 rings (SSSR count). The molecule has 0 amide bonds. The molecule has 9 heteroatoms. The van der Waals surface area contributed by atoms with Gasteiger partial charge in [-0.2, -0.15) is 5.10 Å². The number of carbonyl (C=O) groups is 1. The maximum atomic E-state index is 12.8. The van der Waals surface area contributed by atoms with Crippen molar-refractivity contribution in [3.8, 4) is 5.75 Å². The highest BCUT2D eigenvalue weighted by atomic mass is 32.1. The summed E-state index contributed by atoms with van der Waals surface area (Å²) in [6, 6.07) is 6.24. The third-order valence-electron chi connectivity index (χ3n) is 5.78. The Balaban J connectivity index is 1.73. The Labute approximate surface area is 179 Å². The average Bonchev–Trinajstić information content (AvgIpc) is 3.22. The smallest absolute Gasteiger partial charge is 0.340 e. The van der Waals surface area contributed by atoms with E-state index in [1.165, 1.54) is 23.9 Å². The third kappa shape index (κ3) is 3.69. The first-order valence-corrected chi connectivity index (χ1v) is 10.8. The maximum absolute atomic E-state index is 12.8. The van der Waals surface area contributed by atoms with Crippen LogP contribution in [0.15, 0.2) is 18.2 Å². The SMILES string of the molecule is CCOC(=O)c1c(C)n(C2CCCCC2)c2ccc(OCc3n[nH]c(=S)n3N)cc12. The zero-order valence-electron chi connectivity index (χ0n) is 17.3. The molecule has 0 spiro atoms. The number of benzene rings is 1. The highest BCUT2D eigenvalue weighted by Gasteiger charge is 2.26. The lowest BCUT2D eigenvalue weighted by atomic mass is 9.95. The van der Waals surface area contributed by atoms with Crippen LogP contribution in [0.4, 0.5) is 0 Å². The summed E-state index contributed by atoms with van der Waals surface area (Å²) in [6.07, 6.45) is 5.97. The predicted molar refractivity (Wildman–Crippen MR) is 117 cm³/mol. The lowest BCUT2D eigenvalue weighted by Crippen LogP contribution is -2.15. The van der Waals surface area contributed by atoms with Crippen LogP contribution in [0.25, 0.3) is 10.9 Å². The molecule has 0 atom stereocenters. The normalized spacial score (nSPS) is 14.9. The number of hydrogen-bond acceptors (Lipinski definition) is 6. The molecule has 3 aromatic rings. The molecule has 0 radical (unpaired) electrons. The van der Waals surface area contributed by atoms with E-state index >= 15 is 0 Å². The van der Waals surface area contributed by atoms with Crippen LogP contribution in [-0.2, 0) is 11.3 Å². The van der Waals surface area contributed by atoms with Gasteiger partial charge >= 0.3 is 5.97 Å². The molecular formula is C21H27N5O3S. The number of carbonyl (C=O) groups excluding carboxylic acids is 1. The van der Waals surface area contributed by atoms with Gasteiger partial charge in [0.1, 0.15) is 12.4 Å². The summed E-state index contributed by atoms with van der Waals surface area (Å²) in [5.41, 5.74) is 2.61. The van der Waals surface area contributed by atoms with Crippen molar-refractivity contribution >= 4 is 29.1 Å². The van der Waals surface area contributed by atoms with Crippen LogP contribution < -0.4 is 10.6 Å². The number of ether oxygens (including phenoxy) is 2. The number of fused-ring (bicyclic) bond motifs is 1. The van der Waals surface area contributed by atoms with Gasteiger partial charge in [-0.15, -0.1) is 0 Å². The van der Waals surface area contributed by atoms with Gasteiger partial charge in [-0.3, -0.25) is 5.10 Å². The molecule has 1 fully saturated rings. The van der Waals surface area contributed by atoms with E-state index in [-0.39, 0.29) is 12.6 Å². The zero-order valence-corrected chi connectivity index (χ0v) is 18.1. The number of nitrogens with one attached hydrogen (secondary N) is 1. The third-order valence-corrected chi connectivity index (χ3v) is 6.07. The van der Waals surface area contributed by atoms with Gasteiger partial charge in [0.25, 0.3) is 0 Å². The molecule has 160 valence electrons. The fraction of sp³-hybridized carbons (Fsp3) is 0.476. The van der Waals surface area contributed by atoms with Crippen LogP contribution in [0, 0.1) is 11.7 Å². The van der Waals surface area contributed by atoms with Crippen molar-refractivity contribution in [3.05, 3.63) is 40.1 Å². The van der Waals surface area contributed by atoms with Gasteiger partial charge in [0.15, 0.2) is 5.82 Å². The van der Waals surface area contributed by atoms with E-state index < -0.39 is 0 Å². The summed E-state index contributed by atoms with van der Waals surface area (Å²) in [5.74, 6) is 6.65. The summed E-state index contributed by atoms with van der Waals surface area (Å²) in [7, 11) is 0. The highest BCUT2D eigenvalue weighted by Crippen LogP contribution is 2.37. The van der Waals surface area contributed by atoms with Crippen molar-refractivity contribution in [2.75, 3.05) is 12.4 Å². The van der Waals surface area contributed by atoms with Crippen molar-refractivity contribution in [1.82, 2.24) is 19.4 Å². The Morgan fingerprint density at radius 1 is 1.33 bits per heavy atom. The van der Waals surface area contributed by atoms with Gasteiger partial charge in [0, 0.05) is 22.6 Å². The Morgan fingerprint density at radius 3 is 2.77 bits per heavy atom. The number of hydrogen-bond donors (Lipinski definition) is 2. The van der Waals surface area contributed by atoms with E-state index in [0.29, 0.717) is 34.6 Å². The molecule has 1 aliphatic carbocycles. The molecule has 1 saturated carbocycles. The number of H-pyrrole nitrogens is 1. The molecule has 3 N–H and O–H groups in total. The monoisotopic (exact) mass is 429 g/mol.